The van der Waals surface area contributed by atoms with Crippen LogP contribution in [0.5, 0.6) is 5.75 Å². The maximum atomic E-state index is 14.6. The lowest BCUT2D eigenvalue weighted by molar-refractivity contribution is -0.140. The van der Waals surface area contributed by atoms with Crippen molar-refractivity contribution in [3.05, 3.63) is 60.4 Å². The smallest absolute Gasteiger partial charge is 0.334 e. The maximum Gasteiger partial charge on any atom is 0.334 e. The standard InChI is InChI=1S/C43H65F5N14O13/c44-36-37(45)39(47)41(40(48)38(36)46)75-43(68)31(7-2-4-13-53-33(64)10-19-70-25-28-73-22-16-56-61-50)59-42(67)30(6-1-3-12-52-32(63)9-18-69-24-27-72-21-15-55-60-49)58-35(66)8-5-14-54-34(65)11-20-71-26-29-74-23-17-57-62-51/h30-31H,1-29H2,(H,52,63)(H,53,64)(H,54,65)(H,58,66)(H,59,67)/t30-,31-/m0/s1. The van der Waals surface area contributed by atoms with Crippen molar-refractivity contribution < 1.29 is 83.9 Å². The highest BCUT2D eigenvalue weighted by Gasteiger charge is 2.33. The molecule has 75 heavy (non-hydrogen) atoms. The molecule has 27 nitrogen and oxygen atoms in total. The molecule has 1 aromatic carbocycles. The molecule has 0 aliphatic rings. The van der Waals surface area contributed by atoms with Gasteiger partial charge in [0.15, 0.2) is 0 Å². The van der Waals surface area contributed by atoms with Crippen molar-refractivity contribution in [2.75, 3.05) is 119 Å². The van der Waals surface area contributed by atoms with Crippen LogP contribution >= 0.6 is 0 Å². The van der Waals surface area contributed by atoms with Crippen LogP contribution in [0.3, 0.4) is 0 Å². The second-order valence-corrected chi connectivity index (χ2v) is 15.4. The number of carbonyl (C=O) groups excluding carboxylic acids is 6. The Bertz CT molecular complexity index is 2020. The predicted molar refractivity (Wildman–Crippen MR) is 252 cm³/mol. The molecule has 420 valence electrons. The van der Waals surface area contributed by atoms with E-state index in [1.165, 1.54) is 0 Å². The highest BCUT2D eigenvalue weighted by molar-refractivity contribution is 5.91. The number of nitrogens with one attached hydrogen (secondary N) is 5. The third kappa shape index (κ3) is 33.0. The van der Waals surface area contributed by atoms with Gasteiger partial charge in [-0.2, -0.15) is 8.78 Å². The molecule has 0 saturated heterocycles. The first-order valence-electron chi connectivity index (χ1n) is 23.9. The minimum absolute atomic E-state index is 0.00182. The Morgan fingerprint density at radius 2 is 0.787 bits per heavy atom. The lowest BCUT2D eigenvalue weighted by atomic mass is 10.1. The number of nitrogens with zero attached hydrogens (tertiary/aromatic N) is 9. The van der Waals surface area contributed by atoms with E-state index in [2.05, 4.69) is 61.4 Å². The number of benzene rings is 1. The molecule has 1 aromatic rings. The molecule has 0 aliphatic heterocycles. The zero-order valence-electron chi connectivity index (χ0n) is 41.4. The molecule has 0 spiro atoms. The first kappa shape index (κ1) is 66.4. The van der Waals surface area contributed by atoms with Crippen LogP contribution in [0.25, 0.3) is 31.3 Å². The van der Waals surface area contributed by atoms with Crippen LogP contribution in [-0.4, -0.2) is 166 Å². The van der Waals surface area contributed by atoms with Gasteiger partial charge in [-0.25, -0.2) is 18.0 Å². The minimum atomic E-state index is -2.51. The highest BCUT2D eigenvalue weighted by Crippen LogP contribution is 2.29. The summed E-state index contributed by atoms with van der Waals surface area (Å²) in [4.78, 5) is 85.2. The number of hydrogen-bond acceptors (Lipinski definition) is 16. The van der Waals surface area contributed by atoms with E-state index < -0.39 is 70.6 Å². The number of carbonyl (C=O) groups is 6. The summed E-state index contributed by atoms with van der Waals surface area (Å²) in [6.07, 6.45) is 0.0843. The van der Waals surface area contributed by atoms with Crippen LogP contribution in [-0.2, 0) is 57.2 Å². The monoisotopic (exact) mass is 1080 g/mol. The van der Waals surface area contributed by atoms with Crippen molar-refractivity contribution in [2.45, 2.75) is 82.7 Å². The van der Waals surface area contributed by atoms with E-state index in [1.54, 1.807) is 0 Å². The second-order valence-electron chi connectivity index (χ2n) is 15.4. The van der Waals surface area contributed by atoms with Crippen LogP contribution in [0.2, 0.25) is 0 Å². The van der Waals surface area contributed by atoms with E-state index >= 15 is 0 Å². The van der Waals surface area contributed by atoms with Crippen LogP contribution in [0.1, 0.15) is 70.6 Å². The molecule has 0 aliphatic carbocycles. The fourth-order valence-corrected chi connectivity index (χ4v) is 5.96. The molecule has 0 unspecified atom stereocenters. The van der Waals surface area contributed by atoms with Gasteiger partial charge in [0.2, 0.25) is 64.4 Å². The largest absolute Gasteiger partial charge is 0.418 e. The third-order valence-electron chi connectivity index (χ3n) is 9.74. The summed E-state index contributed by atoms with van der Waals surface area (Å²) in [6.45, 7) is 2.70. The van der Waals surface area contributed by atoms with Crippen molar-refractivity contribution >= 4 is 35.5 Å². The molecule has 0 bridgehead atoms. The average molecular weight is 1080 g/mol. The molecule has 1 rings (SSSR count). The summed E-state index contributed by atoms with van der Waals surface area (Å²) in [5, 5.41) is 22.8. The van der Waals surface area contributed by atoms with E-state index in [4.69, 9.17) is 45.0 Å². The molecular weight excluding hydrogens is 1020 g/mol. The quantitative estimate of drug-likeness (QED) is 0.00712. The minimum Gasteiger partial charge on any atom is -0.418 e. The second kappa shape index (κ2) is 43.7. The molecule has 5 amide bonds. The molecule has 0 heterocycles. The van der Waals surface area contributed by atoms with E-state index in [9.17, 15) is 50.7 Å². The number of amides is 5. The SMILES string of the molecule is [N-]=[N+]=NCCOCCOCCC(=O)NCCCC[C@H](NC(=O)CCCNC(=O)CCOCCOCCN=[N+]=[N-])C(=O)N[C@@H](CCCCNC(=O)CCOCCOCCN=[N+]=[N-])C(=O)Oc1c(F)c(F)c(F)c(F)c1F. The summed E-state index contributed by atoms with van der Waals surface area (Å²) in [5.74, 6) is -18.5. The van der Waals surface area contributed by atoms with Gasteiger partial charge in [-0.1, -0.05) is 15.3 Å². The van der Waals surface area contributed by atoms with Crippen LogP contribution < -0.4 is 31.3 Å². The van der Waals surface area contributed by atoms with Gasteiger partial charge in [0, 0.05) is 79.7 Å². The van der Waals surface area contributed by atoms with Crippen LogP contribution in [0.4, 0.5) is 22.0 Å². The lowest BCUT2D eigenvalue weighted by Crippen LogP contribution is -2.52. The fourth-order valence-electron chi connectivity index (χ4n) is 5.96. The van der Waals surface area contributed by atoms with Gasteiger partial charge in [0.25, 0.3) is 0 Å². The zero-order chi connectivity index (χ0) is 55.3. The number of rotatable bonds is 46. The summed E-state index contributed by atoms with van der Waals surface area (Å²) in [5.41, 5.74) is 24.8. The van der Waals surface area contributed by atoms with Crippen molar-refractivity contribution in [2.24, 2.45) is 15.3 Å². The first-order chi connectivity index (χ1) is 36.3. The van der Waals surface area contributed by atoms with Gasteiger partial charge in [0.05, 0.1) is 79.3 Å². The summed E-state index contributed by atoms with van der Waals surface area (Å²) >= 11 is 0. The van der Waals surface area contributed by atoms with E-state index in [1.807, 2.05) is 0 Å². The molecule has 0 aromatic heterocycles. The first-order valence-corrected chi connectivity index (χ1v) is 23.9. The van der Waals surface area contributed by atoms with Gasteiger partial charge in [-0.15, -0.1) is 0 Å². The van der Waals surface area contributed by atoms with E-state index in [-0.39, 0.29) is 201 Å². The van der Waals surface area contributed by atoms with Gasteiger partial charge < -0.3 is 59.7 Å². The number of halogens is 5. The zero-order valence-corrected chi connectivity index (χ0v) is 41.4. The Kier molecular flexibility index (Phi) is 38.7. The van der Waals surface area contributed by atoms with Gasteiger partial charge in [-0.3, -0.25) is 24.0 Å². The Hall–Kier alpha value is -6.62. The molecule has 0 radical (unpaired) electrons. The van der Waals surface area contributed by atoms with Crippen molar-refractivity contribution in [1.82, 2.24) is 26.6 Å². The van der Waals surface area contributed by atoms with Gasteiger partial charge >= 0.3 is 5.97 Å². The maximum absolute atomic E-state index is 14.6. The Balaban J connectivity index is 2.97. The predicted octanol–water partition coefficient (Wildman–Crippen LogP) is 3.93. The van der Waals surface area contributed by atoms with E-state index in [0.717, 1.165) is 0 Å². The number of hydrogen-bond donors (Lipinski definition) is 5. The average Bonchev–Trinajstić information content (AvgIpc) is 3.39. The normalized spacial score (nSPS) is 11.5. The van der Waals surface area contributed by atoms with Crippen molar-refractivity contribution in [1.29, 1.82) is 0 Å². The summed E-state index contributed by atoms with van der Waals surface area (Å²) in [6, 6.07) is -3.19. The lowest BCUT2D eigenvalue weighted by Gasteiger charge is -2.23. The highest BCUT2D eigenvalue weighted by atomic mass is 19.2. The van der Waals surface area contributed by atoms with Crippen LogP contribution in [0.15, 0.2) is 15.3 Å². The van der Waals surface area contributed by atoms with Crippen molar-refractivity contribution in [3.8, 4) is 5.75 Å². The third-order valence-corrected chi connectivity index (χ3v) is 9.74. The Morgan fingerprint density at radius 3 is 1.19 bits per heavy atom. The molecule has 0 fully saturated rings. The van der Waals surface area contributed by atoms with Gasteiger partial charge in [-0.05, 0) is 61.5 Å². The number of azide groups is 3. The molecular formula is C43H65F5N14O13. The molecule has 32 heteroatoms. The topological polar surface area (TPSA) is 373 Å². The van der Waals surface area contributed by atoms with E-state index in [0.29, 0.717) is 0 Å². The van der Waals surface area contributed by atoms with Gasteiger partial charge in [0.1, 0.15) is 12.1 Å². The van der Waals surface area contributed by atoms with Crippen molar-refractivity contribution in [3.63, 3.8) is 0 Å². The number of ether oxygens (including phenoxy) is 7. The summed E-state index contributed by atoms with van der Waals surface area (Å²) in [7, 11) is 0. The fraction of sp³-hybridized carbons (Fsp3) is 0.721. The Morgan fingerprint density at radius 1 is 0.427 bits per heavy atom. The Labute approximate surface area is 428 Å². The molecule has 5 N–H and O–H groups in total. The molecule has 0 saturated carbocycles. The molecule has 2 atom stereocenters. The summed E-state index contributed by atoms with van der Waals surface area (Å²) < 4.78 is 107. The number of esters is 1. The van der Waals surface area contributed by atoms with Crippen LogP contribution in [0, 0.1) is 29.1 Å². The number of unbranched alkanes of at least 4 members (excludes halogenated alkanes) is 2.